The monoisotopic (exact) mass is 326 g/mol. The number of benzene rings is 2. The van der Waals surface area contributed by atoms with E-state index in [0.29, 0.717) is 11.3 Å². The van der Waals surface area contributed by atoms with E-state index < -0.39 is 11.8 Å². The number of carbonyl (C=O) groups excluding carboxylic acids is 1. The molecule has 1 aromatic heterocycles. The molecule has 0 spiro atoms. The highest BCUT2D eigenvalue weighted by Crippen LogP contribution is 2.21. The molecule has 0 unspecified atom stereocenters. The largest absolute Gasteiger partial charge is 0.487 e. The highest BCUT2D eigenvalue weighted by Gasteiger charge is 2.16. The molecule has 0 saturated carbocycles. The van der Waals surface area contributed by atoms with E-state index in [0.717, 1.165) is 5.56 Å². The zero-order valence-electron chi connectivity index (χ0n) is 12.7. The van der Waals surface area contributed by atoms with Crippen LogP contribution in [0, 0.1) is 5.82 Å². The van der Waals surface area contributed by atoms with E-state index in [1.807, 2.05) is 30.3 Å². The van der Waals surface area contributed by atoms with Crippen LogP contribution in [0.1, 0.15) is 10.4 Å². The molecule has 0 radical (unpaired) electrons. The highest BCUT2D eigenvalue weighted by atomic mass is 19.1. The first kappa shape index (κ1) is 15.7. The number of carbonyl (C=O) groups is 1. The summed E-state index contributed by atoms with van der Waals surface area (Å²) in [4.78, 5) is 12.2. The molecule has 1 N–H and O–H groups in total. The average Bonchev–Trinajstić information content (AvgIpc) is 3.10. The number of halogens is 1. The summed E-state index contributed by atoms with van der Waals surface area (Å²) >= 11 is 0. The number of hydrogen-bond donors (Lipinski definition) is 1. The van der Waals surface area contributed by atoms with Crippen molar-refractivity contribution in [3.05, 3.63) is 72.2 Å². The van der Waals surface area contributed by atoms with Gasteiger partial charge in [0.2, 0.25) is 0 Å². The van der Waals surface area contributed by atoms with Crippen molar-refractivity contribution in [2.75, 3.05) is 13.2 Å². The van der Waals surface area contributed by atoms with Crippen molar-refractivity contribution in [1.29, 1.82) is 0 Å². The van der Waals surface area contributed by atoms with Crippen LogP contribution in [0.2, 0.25) is 0 Å². The minimum atomic E-state index is -0.514. The maximum atomic E-state index is 13.4. The quantitative estimate of drug-likeness (QED) is 0.556. The topological polar surface area (TPSA) is 64.2 Å². The van der Waals surface area contributed by atoms with Crippen molar-refractivity contribution in [3.63, 3.8) is 0 Å². The average molecular weight is 326 g/mol. The van der Waals surface area contributed by atoms with Gasteiger partial charge in [-0.3, -0.25) is 5.10 Å². The summed E-state index contributed by atoms with van der Waals surface area (Å²) < 4.78 is 23.8. The SMILES string of the molecule is O=C(OCCOc1ccccc1F)c1cn[nH]c1-c1ccccc1. The molecule has 0 aliphatic carbocycles. The molecule has 2 aromatic carbocycles. The van der Waals surface area contributed by atoms with Crippen LogP contribution in [-0.4, -0.2) is 29.4 Å². The lowest BCUT2D eigenvalue weighted by atomic mass is 10.1. The molecule has 0 bridgehead atoms. The second-order valence-corrected chi connectivity index (χ2v) is 4.94. The minimum Gasteiger partial charge on any atom is -0.487 e. The molecular weight excluding hydrogens is 311 g/mol. The van der Waals surface area contributed by atoms with Crippen LogP contribution in [0.25, 0.3) is 11.3 Å². The van der Waals surface area contributed by atoms with Gasteiger partial charge in [0.1, 0.15) is 18.8 Å². The molecule has 0 amide bonds. The maximum absolute atomic E-state index is 13.4. The Morgan fingerprint density at radius 2 is 1.79 bits per heavy atom. The summed E-state index contributed by atoms with van der Waals surface area (Å²) in [6.45, 7) is 0.0672. The van der Waals surface area contributed by atoms with E-state index in [4.69, 9.17) is 9.47 Å². The lowest BCUT2D eigenvalue weighted by Gasteiger charge is -2.08. The van der Waals surface area contributed by atoms with Crippen LogP contribution >= 0.6 is 0 Å². The number of esters is 1. The predicted octanol–water partition coefficient (Wildman–Crippen LogP) is 3.45. The van der Waals surface area contributed by atoms with Crippen molar-refractivity contribution in [2.45, 2.75) is 0 Å². The summed E-state index contributed by atoms with van der Waals surface area (Å²) in [6.07, 6.45) is 1.42. The van der Waals surface area contributed by atoms with E-state index in [2.05, 4.69) is 10.2 Å². The van der Waals surface area contributed by atoms with Crippen LogP contribution in [0.4, 0.5) is 4.39 Å². The Morgan fingerprint density at radius 1 is 1.04 bits per heavy atom. The number of H-pyrrole nitrogens is 1. The molecule has 5 nitrogen and oxygen atoms in total. The fourth-order valence-corrected chi connectivity index (χ4v) is 2.19. The molecule has 122 valence electrons. The van der Waals surface area contributed by atoms with Crippen molar-refractivity contribution in [3.8, 4) is 17.0 Å². The van der Waals surface area contributed by atoms with Gasteiger partial charge in [0.05, 0.1) is 11.9 Å². The number of nitrogens with zero attached hydrogens (tertiary/aromatic N) is 1. The van der Waals surface area contributed by atoms with Gasteiger partial charge in [0.15, 0.2) is 11.6 Å². The molecule has 0 saturated heterocycles. The van der Waals surface area contributed by atoms with Gasteiger partial charge in [0, 0.05) is 5.56 Å². The summed E-state index contributed by atoms with van der Waals surface area (Å²) in [6, 6.07) is 15.4. The number of aromatic amines is 1. The van der Waals surface area contributed by atoms with Gasteiger partial charge in [-0.05, 0) is 12.1 Å². The third-order valence-corrected chi connectivity index (χ3v) is 3.33. The zero-order valence-corrected chi connectivity index (χ0v) is 12.7. The third kappa shape index (κ3) is 3.60. The van der Waals surface area contributed by atoms with Crippen molar-refractivity contribution in [2.24, 2.45) is 0 Å². The molecular formula is C18H15FN2O3. The van der Waals surface area contributed by atoms with Crippen molar-refractivity contribution >= 4 is 5.97 Å². The number of ether oxygens (including phenoxy) is 2. The molecule has 0 fully saturated rings. The number of rotatable bonds is 6. The Hall–Kier alpha value is -3.15. The fraction of sp³-hybridized carbons (Fsp3) is 0.111. The van der Waals surface area contributed by atoms with Gasteiger partial charge in [-0.2, -0.15) is 5.10 Å². The normalized spacial score (nSPS) is 10.4. The van der Waals surface area contributed by atoms with Crippen molar-refractivity contribution in [1.82, 2.24) is 10.2 Å². The standard InChI is InChI=1S/C18H15FN2O3/c19-15-8-4-5-9-16(15)23-10-11-24-18(22)14-12-20-21-17(14)13-6-2-1-3-7-13/h1-9,12H,10-11H2,(H,20,21). The van der Waals surface area contributed by atoms with Crippen LogP contribution < -0.4 is 4.74 Å². The Kier molecular flexibility index (Phi) is 4.86. The lowest BCUT2D eigenvalue weighted by Crippen LogP contribution is -2.13. The van der Waals surface area contributed by atoms with Gasteiger partial charge in [-0.25, -0.2) is 9.18 Å². The first-order valence-corrected chi connectivity index (χ1v) is 7.39. The van der Waals surface area contributed by atoms with Gasteiger partial charge in [-0.1, -0.05) is 42.5 Å². The van der Waals surface area contributed by atoms with E-state index in [9.17, 15) is 9.18 Å². The Morgan fingerprint density at radius 3 is 2.58 bits per heavy atom. The lowest BCUT2D eigenvalue weighted by molar-refractivity contribution is 0.0449. The smallest absolute Gasteiger partial charge is 0.342 e. The third-order valence-electron chi connectivity index (χ3n) is 3.33. The number of aromatic nitrogens is 2. The first-order valence-electron chi connectivity index (χ1n) is 7.39. The number of hydrogen-bond acceptors (Lipinski definition) is 4. The molecule has 24 heavy (non-hydrogen) atoms. The van der Waals surface area contributed by atoms with E-state index >= 15 is 0 Å². The molecule has 3 aromatic rings. The molecule has 0 aliphatic heterocycles. The van der Waals surface area contributed by atoms with Crippen LogP contribution in [0.3, 0.4) is 0 Å². The van der Waals surface area contributed by atoms with Crippen molar-refractivity contribution < 1.29 is 18.7 Å². The fourth-order valence-electron chi connectivity index (χ4n) is 2.19. The van der Waals surface area contributed by atoms with Crippen LogP contribution in [0.5, 0.6) is 5.75 Å². The number of nitrogens with one attached hydrogen (secondary N) is 1. The summed E-state index contributed by atoms with van der Waals surface area (Å²) in [7, 11) is 0. The van der Waals surface area contributed by atoms with E-state index in [1.54, 1.807) is 12.1 Å². The second-order valence-electron chi connectivity index (χ2n) is 4.94. The molecule has 3 rings (SSSR count). The van der Waals surface area contributed by atoms with E-state index in [-0.39, 0.29) is 19.0 Å². The van der Waals surface area contributed by atoms with Crippen LogP contribution in [0.15, 0.2) is 60.8 Å². The van der Waals surface area contributed by atoms with Crippen LogP contribution in [-0.2, 0) is 4.74 Å². The summed E-state index contributed by atoms with van der Waals surface area (Å²) in [5.74, 6) is -0.841. The first-order chi connectivity index (χ1) is 11.8. The van der Waals surface area contributed by atoms with Gasteiger partial charge in [0.25, 0.3) is 0 Å². The Labute approximate surface area is 138 Å². The Bertz CT molecular complexity index is 818. The minimum absolute atomic E-state index is 0.00653. The maximum Gasteiger partial charge on any atom is 0.342 e. The summed E-state index contributed by atoms with van der Waals surface area (Å²) in [5.41, 5.74) is 1.77. The predicted molar refractivity (Wildman–Crippen MR) is 86.2 cm³/mol. The zero-order chi connectivity index (χ0) is 16.8. The molecule has 6 heteroatoms. The summed E-state index contributed by atoms with van der Waals surface area (Å²) in [5, 5.41) is 6.70. The van der Waals surface area contributed by atoms with E-state index in [1.165, 1.54) is 18.3 Å². The molecule has 0 atom stereocenters. The molecule has 0 aliphatic rings. The van der Waals surface area contributed by atoms with Gasteiger partial charge in [-0.15, -0.1) is 0 Å². The highest BCUT2D eigenvalue weighted by molar-refractivity contribution is 5.95. The van der Waals surface area contributed by atoms with Gasteiger partial charge >= 0.3 is 5.97 Å². The Balaban J connectivity index is 1.57. The van der Waals surface area contributed by atoms with Gasteiger partial charge < -0.3 is 9.47 Å². The number of para-hydroxylation sites is 1. The second kappa shape index (κ2) is 7.41. The molecule has 1 heterocycles.